The smallest absolute Gasteiger partial charge is 0.416 e. The molecule has 3 rings (SSSR count). The predicted molar refractivity (Wildman–Crippen MR) is 120 cm³/mol. The van der Waals surface area contributed by atoms with Crippen LogP contribution in [-0.4, -0.2) is 41.9 Å². The van der Waals surface area contributed by atoms with Crippen LogP contribution in [0.15, 0.2) is 36.4 Å². The average molecular weight is 553 g/mol. The van der Waals surface area contributed by atoms with E-state index in [0.29, 0.717) is 6.07 Å². The van der Waals surface area contributed by atoms with Gasteiger partial charge in [0.2, 0.25) is 5.91 Å². The van der Waals surface area contributed by atoms with Gasteiger partial charge in [0.15, 0.2) is 6.61 Å². The van der Waals surface area contributed by atoms with Gasteiger partial charge in [-0.2, -0.15) is 13.2 Å². The summed E-state index contributed by atoms with van der Waals surface area (Å²) in [4.78, 5) is 48.8. The first-order chi connectivity index (χ1) is 16.3. The number of rotatable bonds is 6. The second-order valence-corrected chi connectivity index (χ2v) is 8.55. The Kier molecular flexibility index (Phi) is 8.14. The molecule has 35 heavy (non-hydrogen) atoms. The molecule has 1 fully saturated rings. The molecular formula is C21H15Cl3F3N3O5. The van der Waals surface area contributed by atoms with Gasteiger partial charge in [0, 0.05) is 12.0 Å². The molecule has 8 nitrogen and oxygen atoms in total. The molecule has 186 valence electrons. The maximum absolute atomic E-state index is 12.8. The molecule has 0 aromatic heterocycles. The molecule has 0 bridgehead atoms. The number of hydrogen-bond acceptors (Lipinski definition) is 5. The lowest BCUT2D eigenvalue weighted by Crippen LogP contribution is -2.43. The third-order valence-corrected chi connectivity index (χ3v) is 5.86. The number of esters is 1. The summed E-state index contributed by atoms with van der Waals surface area (Å²) >= 11 is 17.5. The Bertz CT molecular complexity index is 1190. The van der Waals surface area contributed by atoms with Crippen LogP contribution < -0.4 is 10.7 Å². The Labute approximate surface area is 211 Å². The van der Waals surface area contributed by atoms with E-state index >= 15 is 0 Å². The number of amides is 3. The second kappa shape index (κ2) is 10.7. The number of ether oxygens (including phenoxy) is 1. The van der Waals surface area contributed by atoms with Crippen molar-refractivity contribution in [3.05, 3.63) is 62.6 Å². The number of carbonyl (C=O) groups is 4. The molecule has 0 spiro atoms. The number of hydrogen-bond donors (Lipinski definition) is 2. The molecule has 0 radical (unpaired) electrons. The Morgan fingerprint density at radius 1 is 1.03 bits per heavy atom. The van der Waals surface area contributed by atoms with Gasteiger partial charge in [0.25, 0.3) is 11.8 Å². The van der Waals surface area contributed by atoms with E-state index in [9.17, 15) is 32.3 Å². The minimum Gasteiger partial charge on any atom is -0.455 e. The van der Waals surface area contributed by atoms with Gasteiger partial charge in [-0.15, -0.1) is 0 Å². The molecule has 1 atom stereocenters. The first-order valence-electron chi connectivity index (χ1n) is 9.74. The lowest BCUT2D eigenvalue weighted by Gasteiger charge is -2.17. The summed E-state index contributed by atoms with van der Waals surface area (Å²) in [5, 5.41) is 3.30. The number of carbonyl (C=O) groups excluding carboxylic acids is 4. The highest BCUT2D eigenvalue weighted by Gasteiger charge is 2.37. The number of nitrogens with one attached hydrogen (secondary N) is 2. The van der Waals surface area contributed by atoms with E-state index < -0.39 is 48.0 Å². The molecule has 1 heterocycles. The van der Waals surface area contributed by atoms with Crippen LogP contribution >= 0.6 is 34.8 Å². The van der Waals surface area contributed by atoms with Crippen molar-refractivity contribution in [3.63, 3.8) is 0 Å². The molecule has 2 aromatic rings. The number of anilines is 1. The third kappa shape index (κ3) is 6.77. The van der Waals surface area contributed by atoms with E-state index in [0.717, 1.165) is 17.1 Å². The van der Waals surface area contributed by atoms with Crippen molar-refractivity contribution in [3.8, 4) is 0 Å². The SMILES string of the molecule is O=C(COC(=O)[C@@H]1CC(=O)N(NC(=O)c2ccc(Cl)c(Cl)c2)C1)Nc1cc(C(F)(F)F)ccc1Cl. The monoisotopic (exact) mass is 551 g/mol. The van der Waals surface area contributed by atoms with Crippen molar-refractivity contribution >= 4 is 64.2 Å². The van der Waals surface area contributed by atoms with Crippen LogP contribution in [-0.2, 0) is 25.3 Å². The van der Waals surface area contributed by atoms with E-state index in [1.54, 1.807) is 0 Å². The second-order valence-electron chi connectivity index (χ2n) is 7.32. The van der Waals surface area contributed by atoms with Gasteiger partial charge >= 0.3 is 12.1 Å². The maximum atomic E-state index is 12.8. The number of alkyl halides is 3. The van der Waals surface area contributed by atoms with Gasteiger partial charge in [-0.05, 0) is 36.4 Å². The zero-order chi connectivity index (χ0) is 25.9. The fraction of sp³-hybridized carbons (Fsp3) is 0.238. The van der Waals surface area contributed by atoms with Crippen molar-refractivity contribution in [1.29, 1.82) is 0 Å². The summed E-state index contributed by atoms with van der Waals surface area (Å²) in [5.41, 5.74) is 1.14. The molecule has 14 heteroatoms. The molecule has 1 saturated heterocycles. The van der Waals surface area contributed by atoms with E-state index in [4.69, 9.17) is 39.5 Å². The average Bonchev–Trinajstić information content (AvgIpc) is 3.14. The molecule has 0 unspecified atom stereocenters. The van der Waals surface area contributed by atoms with Crippen LogP contribution in [0.25, 0.3) is 0 Å². The van der Waals surface area contributed by atoms with Gasteiger partial charge in [0.05, 0.1) is 38.8 Å². The van der Waals surface area contributed by atoms with Crippen LogP contribution in [0.2, 0.25) is 15.1 Å². The topological polar surface area (TPSA) is 105 Å². The Morgan fingerprint density at radius 2 is 1.71 bits per heavy atom. The standard InChI is InChI=1S/C21H15Cl3F3N3O5/c22-13-3-1-10(5-15(13)24)19(33)29-30-8-11(6-18(30)32)20(34)35-9-17(31)28-16-7-12(21(25,26)27)2-4-14(16)23/h1-5,7,11H,6,8-9H2,(H,28,31)(H,29,33)/t11-/m1/s1. The van der Waals surface area contributed by atoms with E-state index in [1.165, 1.54) is 18.2 Å². The summed E-state index contributed by atoms with van der Waals surface area (Å²) in [7, 11) is 0. The minimum absolute atomic E-state index is 0.128. The molecular weight excluding hydrogens is 538 g/mol. The van der Waals surface area contributed by atoms with Gasteiger partial charge in [-0.1, -0.05) is 34.8 Å². The van der Waals surface area contributed by atoms with Crippen molar-refractivity contribution in [2.75, 3.05) is 18.5 Å². The van der Waals surface area contributed by atoms with Gasteiger partial charge < -0.3 is 10.1 Å². The molecule has 1 aliphatic heterocycles. The lowest BCUT2D eigenvalue weighted by atomic mass is 10.1. The van der Waals surface area contributed by atoms with Gasteiger partial charge in [0.1, 0.15) is 0 Å². The first kappa shape index (κ1) is 26.6. The molecule has 2 aromatic carbocycles. The fourth-order valence-corrected chi connectivity index (χ4v) is 3.50. The van der Waals surface area contributed by atoms with Crippen LogP contribution in [0.5, 0.6) is 0 Å². The zero-order valence-corrected chi connectivity index (χ0v) is 19.7. The molecule has 0 saturated carbocycles. The predicted octanol–water partition coefficient (Wildman–Crippen LogP) is 4.34. The summed E-state index contributed by atoms with van der Waals surface area (Å²) in [6, 6.07) is 6.47. The molecule has 1 aliphatic rings. The highest BCUT2D eigenvalue weighted by Crippen LogP contribution is 2.33. The van der Waals surface area contributed by atoms with Gasteiger partial charge in [-0.3, -0.25) is 29.6 Å². The van der Waals surface area contributed by atoms with Crippen LogP contribution in [0.1, 0.15) is 22.3 Å². The number of hydrazine groups is 1. The van der Waals surface area contributed by atoms with E-state index in [1.807, 2.05) is 0 Å². The van der Waals surface area contributed by atoms with E-state index in [2.05, 4.69) is 10.7 Å². The third-order valence-electron chi connectivity index (χ3n) is 4.79. The lowest BCUT2D eigenvalue weighted by molar-refractivity contribution is -0.151. The summed E-state index contributed by atoms with van der Waals surface area (Å²) in [5.74, 6) is -4.06. The first-order valence-corrected chi connectivity index (χ1v) is 10.9. The zero-order valence-electron chi connectivity index (χ0n) is 17.4. The molecule has 2 N–H and O–H groups in total. The fourth-order valence-electron chi connectivity index (χ4n) is 3.04. The Balaban J connectivity index is 1.52. The van der Waals surface area contributed by atoms with Crippen molar-refractivity contribution < 1.29 is 37.1 Å². The van der Waals surface area contributed by atoms with Crippen LogP contribution in [0.3, 0.4) is 0 Å². The van der Waals surface area contributed by atoms with Crippen molar-refractivity contribution in [1.82, 2.24) is 10.4 Å². The normalized spacial score (nSPS) is 15.7. The largest absolute Gasteiger partial charge is 0.455 e. The highest BCUT2D eigenvalue weighted by atomic mass is 35.5. The minimum atomic E-state index is -4.65. The number of halogens is 6. The van der Waals surface area contributed by atoms with Crippen LogP contribution in [0.4, 0.5) is 18.9 Å². The van der Waals surface area contributed by atoms with Crippen LogP contribution in [0, 0.1) is 5.92 Å². The quantitative estimate of drug-likeness (QED) is 0.519. The molecule has 3 amide bonds. The Hall–Kier alpha value is -3.02. The van der Waals surface area contributed by atoms with E-state index in [-0.39, 0.29) is 39.3 Å². The summed E-state index contributed by atoms with van der Waals surface area (Å²) < 4.78 is 43.4. The highest BCUT2D eigenvalue weighted by molar-refractivity contribution is 6.42. The number of benzene rings is 2. The van der Waals surface area contributed by atoms with Crippen molar-refractivity contribution in [2.45, 2.75) is 12.6 Å². The summed E-state index contributed by atoms with van der Waals surface area (Å²) in [6.07, 6.45) is -4.94. The Morgan fingerprint density at radius 3 is 2.37 bits per heavy atom. The maximum Gasteiger partial charge on any atom is 0.416 e. The number of nitrogens with zero attached hydrogens (tertiary/aromatic N) is 1. The summed E-state index contributed by atoms with van der Waals surface area (Å²) in [6.45, 7) is -1.04. The van der Waals surface area contributed by atoms with Gasteiger partial charge in [-0.25, -0.2) is 0 Å². The molecule has 0 aliphatic carbocycles. The van der Waals surface area contributed by atoms with Crippen molar-refractivity contribution in [2.24, 2.45) is 5.92 Å².